The van der Waals surface area contributed by atoms with Crippen molar-refractivity contribution >= 4 is 85.0 Å². The Hall–Kier alpha value is -8.66. The van der Waals surface area contributed by atoms with Crippen LogP contribution in [0.3, 0.4) is 0 Å². The number of furan rings is 1. The molecule has 2 aliphatic carbocycles. The molecular weight excluding hydrogens is 837 g/mol. The lowest BCUT2D eigenvalue weighted by Gasteiger charge is -2.26. The first-order chi connectivity index (χ1) is 34.1. The van der Waals surface area contributed by atoms with E-state index in [1.807, 2.05) is 30.4 Å². The van der Waals surface area contributed by atoms with Gasteiger partial charge in [-0.2, -0.15) is 0 Å². The van der Waals surface area contributed by atoms with E-state index >= 15 is 0 Å². The van der Waals surface area contributed by atoms with Gasteiger partial charge in [-0.15, -0.1) is 0 Å². The Bertz CT molecular complexity index is 3730. The Balaban J connectivity index is 0.899. The van der Waals surface area contributed by atoms with Gasteiger partial charge >= 0.3 is 0 Å². The number of para-hydroxylation sites is 2. The first-order valence-corrected chi connectivity index (χ1v) is 23.9. The van der Waals surface area contributed by atoms with E-state index in [-0.39, 0.29) is 0 Å². The van der Waals surface area contributed by atoms with Gasteiger partial charge in [0.1, 0.15) is 11.2 Å². The molecule has 0 fully saturated rings. The van der Waals surface area contributed by atoms with Crippen LogP contribution in [0, 0.1) is 0 Å². The predicted molar refractivity (Wildman–Crippen MR) is 297 cm³/mol. The van der Waals surface area contributed by atoms with E-state index in [0.717, 1.165) is 98.2 Å². The molecule has 69 heavy (non-hydrogen) atoms. The van der Waals surface area contributed by atoms with Crippen LogP contribution >= 0.6 is 0 Å². The fraction of sp³-hybridized carbons (Fsp3) is 0.0606. The van der Waals surface area contributed by atoms with Crippen molar-refractivity contribution in [3.8, 4) is 22.3 Å². The Kier molecular flexibility index (Phi) is 11.8. The van der Waals surface area contributed by atoms with Gasteiger partial charge in [0.2, 0.25) is 0 Å². The van der Waals surface area contributed by atoms with E-state index in [1.54, 1.807) is 12.2 Å². The molecule has 0 unspecified atom stereocenters. The van der Waals surface area contributed by atoms with Crippen LogP contribution in [-0.2, 0) is 0 Å². The van der Waals surface area contributed by atoms with Crippen LogP contribution in [0.15, 0.2) is 237 Å². The van der Waals surface area contributed by atoms with Crippen molar-refractivity contribution in [2.24, 2.45) is 0 Å². The van der Waals surface area contributed by atoms with Crippen molar-refractivity contribution in [3.63, 3.8) is 0 Å². The average Bonchev–Trinajstić information content (AvgIpc) is 3.96. The molecule has 3 nitrogen and oxygen atoms in total. The zero-order valence-electron chi connectivity index (χ0n) is 38.7. The van der Waals surface area contributed by atoms with Gasteiger partial charge in [0.15, 0.2) is 0 Å². The van der Waals surface area contributed by atoms with E-state index in [2.05, 4.69) is 217 Å². The second kappa shape index (κ2) is 18.9. The molecule has 7 aromatic carbocycles. The summed E-state index contributed by atoms with van der Waals surface area (Å²) in [5, 5.41) is 5.97. The molecule has 0 amide bonds. The number of benzene rings is 7. The van der Waals surface area contributed by atoms with E-state index in [9.17, 15) is 0 Å². The zero-order chi connectivity index (χ0) is 46.7. The van der Waals surface area contributed by atoms with Crippen LogP contribution in [0.5, 0.6) is 0 Å². The van der Waals surface area contributed by atoms with Gasteiger partial charge in [-0.25, -0.2) is 0 Å². The number of rotatable bonds is 13. The molecule has 0 bridgehead atoms. The van der Waals surface area contributed by atoms with Crippen molar-refractivity contribution in [3.05, 3.63) is 259 Å². The number of allylic oxidation sites excluding steroid dienone is 12. The second-order valence-electron chi connectivity index (χ2n) is 17.7. The van der Waals surface area contributed by atoms with Crippen molar-refractivity contribution in [2.75, 3.05) is 4.90 Å². The van der Waals surface area contributed by atoms with E-state index in [1.165, 1.54) is 43.8 Å². The first kappa shape index (κ1) is 42.9. The van der Waals surface area contributed by atoms with E-state index < -0.39 is 0 Å². The monoisotopic (exact) mass is 888 g/mol. The highest BCUT2D eigenvalue weighted by Crippen LogP contribution is 2.42. The fourth-order valence-electron chi connectivity index (χ4n) is 10.1. The topological polar surface area (TPSA) is 21.3 Å². The molecule has 0 saturated heterocycles. The Morgan fingerprint density at radius 1 is 0.522 bits per heavy atom. The number of aromatic nitrogens is 1. The van der Waals surface area contributed by atoms with Gasteiger partial charge in [-0.05, 0) is 119 Å². The van der Waals surface area contributed by atoms with Crippen LogP contribution in [0.1, 0.15) is 42.4 Å². The summed E-state index contributed by atoms with van der Waals surface area (Å²) >= 11 is 0. The summed E-state index contributed by atoms with van der Waals surface area (Å²) in [5.41, 5.74) is 18.0. The maximum absolute atomic E-state index is 6.99. The van der Waals surface area contributed by atoms with Crippen molar-refractivity contribution in [1.29, 1.82) is 0 Å². The fourth-order valence-corrected chi connectivity index (χ4v) is 10.1. The molecule has 3 heteroatoms. The SMILES string of the molecule is C=CC=CC=Cc1ccc(N(c2ccc(C3=CC=C(c4cccc5c4oc4c(-c6ccc7c(c6)c6c(n7C(=C)C=CC=C)=CCCC=6)cccc45)CC3)cc2)c2ccc(-c3ccccc3)cc2)cc1. The average molecular weight is 889 g/mol. The third kappa shape index (κ3) is 8.30. The van der Waals surface area contributed by atoms with Gasteiger partial charge in [0.25, 0.3) is 0 Å². The van der Waals surface area contributed by atoms with Gasteiger partial charge < -0.3 is 13.9 Å². The predicted octanol–water partition coefficient (Wildman–Crippen LogP) is 16.9. The minimum atomic E-state index is 0.917. The lowest BCUT2D eigenvalue weighted by molar-refractivity contribution is 0.668. The molecule has 9 aromatic rings. The Morgan fingerprint density at radius 2 is 1.13 bits per heavy atom. The van der Waals surface area contributed by atoms with E-state index in [4.69, 9.17) is 4.42 Å². The molecular formula is C66H52N2O. The number of fused-ring (bicyclic) bond motifs is 6. The Morgan fingerprint density at radius 3 is 1.83 bits per heavy atom. The van der Waals surface area contributed by atoms with Crippen molar-refractivity contribution < 1.29 is 4.42 Å². The summed E-state index contributed by atoms with van der Waals surface area (Å²) < 4.78 is 9.26. The van der Waals surface area contributed by atoms with Gasteiger partial charge in [0, 0.05) is 60.6 Å². The summed E-state index contributed by atoms with van der Waals surface area (Å²) in [6.07, 6.45) is 28.8. The molecule has 0 N–H and O–H groups in total. The summed E-state index contributed by atoms with van der Waals surface area (Å²) in [6, 6.07) is 57.1. The smallest absolute Gasteiger partial charge is 0.143 e. The van der Waals surface area contributed by atoms with Crippen molar-refractivity contribution in [2.45, 2.75) is 25.7 Å². The largest absolute Gasteiger partial charge is 0.455 e. The molecule has 2 aromatic heterocycles. The minimum Gasteiger partial charge on any atom is -0.455 e. The van der Waals surface area contributed by atoms with Crippen molar-refractivity contribution in [1.82, 2.24) is 4.57 Å². The maximum atomic E-state index is 6.99. The third-order valence-electron chi connectivity index (χ3n) is 13.5. The quantitative estimate of drug-likeness (QED) is 0.108. The molecule has 0 radical (unpaired) electrons. The summed E-state index contributed by atoms with van der Waals surface area (Å²) in [7, 11) is 0. The second-order valence-corrected chi connectivity index (χ2v) is 17.7. The van der Waals surface area contributed by atoms with Gasteiger partial charge in [-0.1, -0.05) is 196 Å². The Labute approximate surface area is 404 Å². The lowest BCUT2D eigenvalue weighted by atomic mass is 9.89. The molecule has 2 aliphatic rings. The summed E-state index contributed by atoms with van der Waals surface area (Å²) in [6.45, 7) is 12.1. The van der Waals surface area contributed by atoms with Crippen LogP contribution in [0.2, 0.25) is 0 Å². The molecule has 2 heterocycles. The highest BCUT2D eigenvalue weighted by Gasteiger charge is 2.20. The molecule has 0 saturated carbocycles. The standard InChI is InChI=1S/C66H52N2O/c1-4-6-8-10-18-47-27-38-54(39-28-47)68(55-40-33-50(34-41-55)48-19-11-9-12-20-48)56-42-35-51(36-43-56)49-29-31-52(32-30-49)57-22-15-24-60-61-25-16-23-58(66(61)69-65(57)60)53-37-44-64-62(45-53)59-21-13-14-26-63(59)67(64)46(3)17-7-5-2/h4-12,15-29,31,33-45H,1-3,13-14,30,32H2. The normalized spacial score (nSPS) is 13.7. The van der Waals surface area contributed by atoms with Gasteiger partial charge in [-0.3, -0.25) is 0 Å². The number of hydrogen-bond donors (Lipinski definition) is 0. The van der Waals surface area contributed by atoms with E-state index in [0.29, 0.717) is 0 Å². The molecule has 332 valence electrons. The summed E-state index contributed by atoms with van der Waals surface area (Å²) in [4.78, 5) is 2.33. The zero-order valence-corrected chi connectivity index (χ0v) is 38.7. The summed E-state index contributed by atoms with van der Waals surface area (Å²) in [5.74, 6) is 0. The molecule has 11 rings (SSSR count). The molecule has 0 aliphatic heterocycles. The first-order valence-electron chi connectivity index (χ1n) is 23.9. The number of hydrogen-bond acceptors (Lipinski definition) is 2. The number of nitrogens with zero attached hydrogens (tertiary/aromatic N) is 2. The highest BCUT2D eigenvalue weighted by atomic mass is 16.3. The van der Waals surface area contributed by atoms with Crippen LogP contribution in [-0.4, -0.2) is 4.57 Å². The van der Waals surface area contributed by atoms with Crippen LogP contribution in [0.25, 0.3) is 90.2 Å². The highest BCUT2D eigenvalue weighted by molar-refractivity contribution is 6.12. The van der Waals surface area contributed by atoms with Crippen LogP contribution in [0.4, 0.5) is 17.1 Å². The van der Waals surface area contributed by atoms with Gasteiger partial charge in [0.05, 0.1) is 5.52 Å². The molecule has 0 spiro atoms. The van der Waals surface area contributed by atoms with Crippen LogP contribution < -0.4 is 15.5 Å². The number of anilines is 3. The maximum Gasteiger partial charge on any atom is 0.143 e. The molecule has 0 atom stereocenters. The lowest BCUT2D eigenvalue weighted by Crippen LogP contribution is -2.30. The third-order valence-corrected chi connectivity index (χ3v) is 13.5. The minimum absolute atomic E-state index is 0.917.